The van der Waals surface area contributed by atoms with E-state index in [1.807, 2.05) is 0 Å². The third kappa shape index (κ3) is 2.89. The molecule has 0 radical (unpaired) electrons. The third-order valence-electron chi connectivity index (χ3n) is 1.84. The highest BCUT2D eigenvalue weighted by Gasteiger charge is 2.07. The molecule has 1 rings (SSSR count). The minimum atomic E-state index is -0.401. The first-order valence-corrected chi connectivity index (χ1v) is 5.08. The zero-order valence-electron chi connectivity index (χ0n) is 7.56. The lowest BCUT2D eigenvalue weighted by atomic mass is 10.1. The fourth-order valence-electron chi connectivity index (χ4n) is 1.12. The van der Waals surface area contributed by atoms with E-state index in [4.69, 9.17) is 10.5 Å². The van der Waals surface area contributed by atoms with Gasteiger partial charge in [0.15, 0.2) is 0 Å². The molecule has 0 spiro atoms. The van der Waals surface area contributed by atoms with Gasteiger partial charge in [-0.25, -0.2) is 4.39 Å². The molecule has 0 aromatic heterocycles. The van der Waals surface area contributed by atoms with Gasteiger partial charge in [-0.15, -0.1) is 0 Å². The topological polar surface area (TPSA) is 44.1 Å². The number of benzene rings is 1. The van der Waals surface area contributed by atoms with E-state index in [2.05, 4.69) is 15.9 Å². The Labute approximate surface area is 90.4 Å². The van der Waals surface area contributed by atoms with E-state index < -0.39 is 5.82 Å². The van der Waals surface area contributed by atoms with E-state index in [1.165, 1.54) is 6.07 Å². The summed E-state index contributed by atoms with van der Waals surface area (Å²) in [6.07, 6.45) is 0.892. The minimum absolute atomic E-state index is 0.0283. The van der Waals surface area contributed by atoms with Crippen LogP contribution in [0.5, 0.6) is 0 Å². The van der Waals surface area contributed by atoms with Crippen molar-refractivity contribution in [3.8, 4) is 0 Å². The Hall–Kier alpha value is -0.740. The summed E-state index contributed by atoms with van der Waals surface area (Å²) in [5, 5.41) is 16.2. The summed E-state index contributed by atoms with van der Waals surface area (Å²) in [6, 6.07) is 4.61. The Morgan fingerprint density at radius 3 is 2.79 bits per heavy atom. The van der Waals surface area contributed by atoms with Crippen molar-refractivity contribution in [2.75, 3.05) is 6.61 Å². The second-order valence-corrected chi connectivity index (χ2v) is 3.85. The molecule has 0 aliphatic rings. The molecule has 0 saturated carbocycles. The van der Waals surface area contributed by atoms with Crippen molar-refractivity contribution in [2.45, 2.75) is 12.8 Å². The molecular formula is C10H11BrFNO. The van der Waals surface area contributed by atoms with Crippen molar-refractivity contribution in [3.63, 3.8) is 0 Å². The minimum Gasteiger partial charge on any atom is -0.396 e. The van der Waals surface area contributed by atoms with E-state index in [-0.39, 0.29) is 12.3 Å². The predicted octanol–water partition coefficient (Wildman–Crippen LogP) is 2.73. The van der Waals surface area contributed by atoms with Gasteiger partial charge in [-0.2, -0.15) is 0 Å². The Kier molecular flexibility index (Phi) is 4.22. The van der Waals surface area contributed by atoms with Gasteiger partial charge in [-0.3, -0.25) is 0 Å². The van der Waals surface area contributed by atoms with Crippen LogP contribution >= 0.6 is 15.9 Å². The van der Waals surface area contributed by atoms with Crippen LogP contribution < -0.4 is 0 Å². The monoisotopic (exact) mass is 259 g/mol. The number of halogens is 2. The predicted molar refractivity (Wildman–Crippen MR) is 57.2 cm³/mol. The van der Waals surface area contributed by atoms with Crippen LogP contribution in [-0.4, -0.2) is 17.4 Å². The molecule has 0 fully saturated rings. The molecular weight excluding hydrogens is 249 g/mol. The summed E-state index contributed by atoms with van der Waals surface area (Å²) in [5.41, 5.74) is 0.533. The fraction of sp³-hybridized carbons (Fsp3) is 0.300. The van der Waals surface area contributed by atoms with E-state index in [0.29, 0.717) is 22.9 Å². The van der Waals surface area contributed by atoms with Gasteiger partial charge in [0, 0.05) is 22.4 Å². The molecule has 0 amide bonds. The Bertz CT molecular complexity index is 341. The fourth-order valence-corrected chi connectivity index (χ4v) is 1.46. The maximum atomic E-state index is 13.3. The van der Waals surface area contributed by atoms with E-state index >= 15 is 0 Å². The van der Waals surface area contributed by atoms with Crippen LogP contribution in [0.4, 0.5) is 4.39 Å². The van der Waals surface area contributed by atoms with Gasteiger partial charge < -0.3 is 10.5 Å². The first-order valence-electron chi connectivity index (χ1n) is 4.29. The molecule has 0 aliphatic heterocycles. The summed E-state index contributed by atoms with van der Waals surface area (Å²) >= 11 is 3.15. The smallest absolute Gasteiger partial charge is 0.133 e. The van der Waals surface area contributed by atoms with Crippen molar-refractivity contribution >= 4 is 21.6 Å². The number of rotatable bonds is 4. The zero-order chi connectivity index (χ0) is 10.6. The van der Waals surface area contributed by atoms with Crippen LogP contribution in [0.3, 0.4) is 0 Å². The van der Waals surface area contributed by atoms with Crippen LogP contribution in [0.15, 0.2) is 22.7 Å². The van der Waals surface area contributed by atoms with Gasteiger partial charge >= 0.3 is 0 Å². The summed E-state index contributed by atoms with van der Waals surface area (Å²) in [5.74, 6) is -0.401. The Balaban J connectivity index is 2.80. The SMILES string of the molecule is N=C(CCCO)c1ccc(Br)cc1F. The largest absolute Gasteiger partial charge is 0.396 e. The van der Waals surface area contributed by atoms with Crippen LogP contribution in [0.1, 0.15) is 18.4 Å². The molecule has 2 N–H and O–H groups in total. The average Bonchev–Trinajstić information content (AvgIpc) is 2.14. The molecule has 0 unspecified atom stereocenters. The normalized spacial score (nSPS) is 10.2. The molecule has 2 nitrogen and oxygen atoms in total. The van der Waals surface area contributed by atoms with Crippen molar-refractivity contribution in [2.24, 2.45) is 0 Å². The number of nitrogens with one attached hydrogen (secondary N) is 1. The van der Waals surface area contributed by atoms with Gasteiger partial charge in [0.25, 0.3) is 0 Å². The molecule has 0 aliphatic carbocycles. The summed E-state index contributed by atoms with van der Waals surface area (Å²) in [4.78, 5) is 0. The van der Waals surface area contributed by atoms with Gasteiger partial charge in [0.05, 0.1) is 0 Å². The highest BCUT2D eigenvalue weighted by Crippen LogP contribution is 2.16. The molecule has 0 atom stereocenters. The molecule has 14 heavy (non-hydrogen) atoms. The summed E-state index contributed by atoms with van der Waals surface area (Å²) in [7, 11) is 0. The van der Waals surface area contributed by atoms with Gasteiger partial charge in [-0.05, 0) is 31.0 Å². The Morgan fingerprint density at radius 1 is 1.50 bits per heavy atom. The molecule has 0 heterocycles. The second-order valence-electron chi connectivity index (χ2n) is 2.93. The lowest BCUT2D eigenvalue weighted by Crippen LogP contribution is -2.03. The highest BCUT2D eigenvalue weighted by molar-refractivity contribution is 9.10. The van der Waals surface area contributed by atoms with Crippen LogP contribution in [-0.2, 0) is 0 Å². The summed E-state index contributed by atoms with van der Waals surface area (Å²) < 4.78 is 14.0. The highest BCUT2D eigenvalue weighted by atomic mass is 79.9. The number of hydrogen-bond donors (Lipinski definition) is 2. The maximum absolute atomic E-state index is 13.3. The summed E-state index contributed by atoms with van der Waals surface area (Å²) in [6.45, 7) is 0.0283. The maximum Gasteiger partial charge on any atom is 0.133 e. The van der Waals surface area contributed by atoms with Crippen molar-refractivity contribution in [1.82, 2.24) is 0 Å². The molecule has 0 bridgehead atoms. The van der Waals surface area contributed by atoms with Gasteiger partial charge in [0.1, 0.15) is 5.82 Å². The molecule has 0 saturated heterocycles. The molecule has 76 valence electrons. The average molecular weight is 260 g/mol. The van der Waals surface area contributed by atoms with Crippen LogP contribution in [0, 0.1) is 11.2 Å². The van der Waals surface area contributed by atoms with E-state index in [0.717, 1.165) is 0 Å². The van der Waals surface area contributed by atoms with E-state index in [1.54, 1.807) is 12.1 Å². The van der Waals surface area contributed by atoms with Gasteiger partial charge in [-0.1, -0.05) is 15.9 Å². The number of aliphatic hydroxyl groups excluding tert-OH is 1. The van der Waals surface area contributed by atoms with Gasteiger partial charge in [0.2, 0.25) is 0 Å². The van der Waals surface area contributed by atoms with Crippen LogP contribution in [0.2, 0.25) is 0 Å². The first-order chi connectivity index (χ1) is 6.65. The molecule has 1 aromatic rings. The second kappa shape index (κ2) is 5.22. The molecule has 1 aromatic carbocycles. The number of hydrogen-bond acceptors (Lipinski definition) is 2. The molecule has 4 heteroatoms. The third-order valence-corrected chi connectivity index (χ3v) is 2.33. The van der Waals surface area contributed by atoms with E-state index in [9.17, 15) is 4.39 Å². The van der Waals surface area contributed by atoms with Crippen LogP contribution in [0.25, 0.3) is 0 Å². The van der Waals surface area contributed by atoms with Crippen molar-refractivity contribution in [3.05, 3.63) is 34.1 Å². The van der Waals surface area contributed by atoms with Crippen molar-refractivity contribution < 1.29 is 9.50 Å². The lowest BCUT2D eigenvalue weighted by molar-refractivity contribution is 0.291. The standard InChI is InChI=1S/C10H11BrFNO/c11-7-3-4-8(9(12)6-7)10(13)2-1-5-14/h3-4,6,13-14H,1-2,5H2. The quantitative estimate of drug-likeness (QED) is 0.803. The van der Waals surface area contributed by atoms with Crippen molar-refractivity contribution in [1.29, 1.82) is 5.41 Å². The number of aliphatic hydroxyl groups is 1. The zero-order valence-corrected chi connectivity index (χ0v) is 9.14. The Morgan fingerprint density at radius 2 is 2.21 bits per heavy atom. The lowest BCUT2D eigenvalue weighted by Gasteiger charge is -2.04. The first kappa shape index (κ1) is 11.3.